The summed E-state index contributed by atoms with van der Waals surface area (Å²) >= 11 is 1.45. The maximum atomic E-state index is 12.4. The van der Waals surface area contributed by atoms with E-state index in [1.807, 2.05) is 52.7 Å². The molecular weight excluding hydrogens is 308 g/mol. The molecule has 2 aromatic rings. The van der Waals surface area contributed by atoms with Gasteiger partial charge in [0.05, 0.1) is 10.8 Å². The van der Waals surface area contributed by atoms with E-state index in [1.165, 1.54) is 11.3 Å². The first-order chi connectivity index (χ1) is 11.2. The van der Waals surface area contributed by atoms with Crippen LogP contribution in [0.4, 0.5) is 0 Å². The van der Waals surface area contributed by atoms with Crippen molar-refractivity contribution in [3.63, 3.8) is 0 Å². The van der Waals surface area contributed by atoms with Crippen molar-refractivity contribution in [2.75, 3.05) is 13.1 Å². The molecule has 3 rings (SSSR count). The first kappa shape index (κ1) is 15.7. The lowest BCUT2D eigenvalue weighted by molar-refractivity contribution is -0.126. The molecule has 2 heterocycles. The lowest BCUT2D eigenvalue weighted by Crippen LogP contribution is -2.45. The maximum Gasteiger partial charge on any atom is 0.263 e. The summed E-state index contributed by atoms with van der Waals surface area (Å²) in [6.45, 7) is 1.78. The molecule has 1 N–H and O–H groups in total. The summed E-state index contributed by atoms with van der Waals surface area (Å²) in [4.78, 5) is 27.3. The second kappa shape index (κ2) is 7.42. The predicted molar refractivity (Wildman–Crippen MR) is 91.2 cm³/mol. The molecule has 1 aliphatic heterocycles. The largest absolute Gasteiger partial charge is 0.352 e. The first-order valence-electron chi connectivity index (χ1n) is 7.88. The molecule has 23 heavy (non-hydrogen) atoms. The number of carbonyl (C=O) groups excluding carboxylic acids is 2. The molecule has 0 bridgehead atoms. The molecular formula is C18H20N2O2S. The molecule has 2 amide bonds. The third-order valence-corrected chi connectivity index (χ3v) is 4.98. The molecule has 0 radical (unpaired) electrons. The Morgan fingerprint density at radius 3 is 2.74 bits per heavy atom. The molecule has 1 atom stereocenters. The molecule has 1 saturated heterocycles. The molecule has 1 aromatic heterocycles. The molecule has 1 aliphatic rings. The quantitative estimate of drug-likeness (QED) is 0.938. The van der Waals surface area contributed by atoms with E-state index in [-0.39, 0.29) is 17.7 Å². The number of benzene rings is 1. The van der Waals surface area contributed by atoms with Crippen molar-refractivity contribution < 1.29 is 9.59 Å². The van der Waals surface area contributed by atoms with Gasteiger partial charge in [0.25, 0.3) is 5.91 Å². The summed E-state index contributed by atoms with van der Waals surface area (Å²) in [7, 11) is 0. The van der Waals surface area contributed by atoms with Gasteiger partial charge in [0.2, 0.25) is 5.91 Å². The molecule has 120 valence electrons. The number of nitrogens with one attached hydrogen (secondary N) is 1. The van der Waals surface area contributed by atoms with Gasteiger partial charge in [-0.15, -0.1) is 11.3 Å². The minimum atomic E-state index is -0.114. The molecule has 1 aromatic carbocycles. The van der Waals surface area contributed by atoms with E-state index in [9.17, 15) is 9.59 Å². The highest BCUT2D eigenvalue weighted by Crippen LogP contribution is 2.20. The van der Waals surface area contributed by atoms with Gasteiger partial charge >= 0.3 is 0 Å². The highest BCUT2D eigenvalue weighted by molar-refractivity contribution is 7.12. The van der Waals surface area contributed by atoms with Gasteiger partial charge in [0.15, 0.2) is 0 Å². The number of amides is 2. The average Bonchev–Trinajstić information content (AvgIpc) is 3.14. The van der Waals surface area contributed by atoms with Gasteiger partial charge in [-0.25, -0.2) is 0 Å². The molecule has 0 saturated carbocycles. The Bertz CT molecular complexity index is 655. The summed E-state index contributed by atoms with van der Waals surface area (Å²) in [5.41, 5.74) is 1.09. The molecule has 0 unspecified atom stereocenters. The second-order valence-corrected chi connectivity index (χ2v) is 6.72. The standard InChI is InChI=1S/C18H20N2O2S/c21-17(19-12-14-6-2-1-3-7-14)15-8-4-10-20(13-15)18(22)16-9-5-11-23-16/h1-3,5-7,9,11,15H,4,8,10,12-13H2,(H,19,21)/t15-/m0/s1. The molecule has 4 nitrogen and oxygen atoms in total. The minimum Gasteiger partial charge on any atom is -0.352 e. The first-order valence-corrected chi connectivity index (χ1v) is 8.76. The van der Waals surface area contributed by atoms with Gasteiger partial charge < -0.3 is 10.2 Å². The van der Waals surface area contributed by atoms with Gasteiger partial charge in [0.1, 0.15) is 0 Å². The van der Waals surface area contributed by atoms with Gasteiger partial charge in [-0.05, 0) is 29.9 Å². The zero-order chi connectivity index (χ0) is 16.1. The fourth-order valence-corrected chi connectivity index (χ4v) is 3.55. The van der Waals surface area contributed by atoms with Crippen LogP contribution in [0.15, 0.2) is 47.8 Å². The van der Waals surface area contributed by atoms with Crippen LogP contribution in [0.25, 0.3) is 0 Å². The predicted octanol–water partition coefficient (Wildman–Crippen LogP) is 2.92. The molecule has 0 aliphatic carbocycles. The summed E-state index contributed by atoms with van der Waals surface area (Å²) in [5, 5.41) is 4.89. The van der Waals surface area contributed by atoms with Crippen LogP contribution in [0.3, 0.4) is 0 Å². The van der Waals surface area contributed by atoms with Crippen LogP contribution in [0.2, 0.25) is 0 Å². The average molecular weight is 328 g/mol. The number of thiophene rings is 1. The number of piperidine rings is 1. The number of nitrogens with zero attached hydrogens (tertiary/aromatic N) is 1. The summed E-state index contributed by atoms with van der Waals surface area (Å²) in [6.07, 6.45) is 1.72. The number of likely N-dealkylation sites (tertiary alicyclic amines) is 1. The van der Waals surface area contributed by atoms with Crippen molar-refractivity contribution in [1.29, 1.82) is 0 Å². The van der Waals surface area contributed by atoms with E-state index in [0.29, 0.717) is 13.1 Å². The van der Waals surface area contributed by atoms with Gasteiger partial charge in [-0.3, -0.25) is 9.59 Å². The Hall–Kier alpha value is -2.14. The van der Waals surface area contributed by atoms with Crippen LogP contribution >= 0.6 is 11.3 Å². The van der Waals surface area contributed by atoms with E-state index < -0.39 is 0 Å². The lowest BCUT2D eigenvalue weighted by Gasteiger charge is -2.31. The fraction of sp³-hybridized carbons (Fsp3) is 0.333. The monoisotopic (exact) mass is 328 g/mol. The lowest BCUT2D eigenvalue weighted by atomic mass is 9.97. The van der Waals surface area contributed by atoms with Crippen LogP contribution in [-0.2, 0) is 11.3 Å². The van der Waals surface area contributed by atoms with Crippen molar-refractivity contribution >= 4 is 23.2 Å². The summed E-state index contributed by atoms with van der Waals surface area (Å²) in [6, 6.07) is 13.6. The molecule has 1 fully saturated rings. The van der Waals surface area contributed by atoms with E-state index in [1.54, 1.807) is 0 Å². The number of hydrogen-bond acceptors (Lipinski definition) is 3. The minimum absolute atomic E-state index is 0.0394. The van der Waals surface area contributed by atoms with E-state index in [0.717, 1.165) is 29.8 Å². The van der Waals surface area contributed by atoms with E-state index >= 15 is 0 Å². The Kier molecular flexibility index (Phi) is 5.08. The van der Waals surface area contributed by atoms with Crippen molar-refractivity contribution in [3.8, 4) is 0 Å². The number of rotatable bonds is 4. The fourth-order valence-electron chi connectivity index (χ4n) is 2.86. The topological polar surface area (TPSA) is 49.4 Å². The van der Waals surface area contributed by atoms with Gasteiger partial charge in [0, 0.05) is 19.6 Å². The normalized spacial score (nSPS) is 17.7. The van der Waals surface area contributed by atoms with Gasteiger partial charge in [-0.1, -0.05) is 36.4 Å². The Morgan fingerprint density at radius 1 is 1.17 bits per heavy atom. The third kappa shape index (κ3) is 3.99. The zero-order valence-electron chi connectivity index (χ0n) is 12.9. The van der Waals surface area contributed by atoms with Crippen molar-refractivity contribution in [2.45, 2.75) is 19.4 Å². The van der Waals surface area contributed by atoms with Crippen molar-refractivity contribution in [2.24, 2.45) is 5.92 Å². The summed E-state index contributed by atoms with van der Waals surface area (Å²) < 4.78 is 0. The van der Waals surface area contributed by atoms with Crippen LogP contribution in [0.1, 0.15) is 28.1 Å². The van der Waals surface area contributed by atoms with Crippen LogP contribution in [0.5, 0.6) is 0 Å². The summed E-state index contributed by atoms with van der Waals surface area (Å²) in [5.74, 6) is -0.0329. The smallest absolute Gasteiger partial charge is 0.263 e. The SMILES string of the molecule is O=C(NCc1ccccc1)[C@H]1CCCN(C(=O)c2cccs2)C1. The molecule has 5 heteroatoms. The van der Waals surface area contributed by atoms with Gasteiger partial charge in [-0.2, -0.15) is 0 Å². The van der Waals surface area contributed by atoms with Crippen molar-refractivity contribution in [3.05, 3.63) is 58.3 Å². The Balaban J connectivity index is 1.55. The van der Waals surface area contributed by atoms with E-state index in [4.69, 9.17) is 0 Å². The zero-order valence-corrected chi connectivity index (χ0v) is 13.7. The molecule has 0 spiro atoms. The third-order valence-electron chi connectivity index (χ3n) is 4.12. The highest BCUT2D eigenvalue weighted by atomic mass is 32.1. The van der Waals surface area contributed by atoms with Crippen LogP contribution in [0, 0.1) is 5.92 Å². The van der Waals surface area contributed by atoms with Crippen molar-refractivity contribution in [1.82, 2.24) is 10.2 Å². The van der Waals surface area contributed by atoms with Crippen LogP contribution < -0.4 is 5.32 Å². The maximum absolute atomic E-state index is 12.4. The number of hydrogen-bond donors (Lipinski definition) is 1. The Morgan fingerprint density at radius 2 is 2.00 bits per heavy atom. The second-order valence-electron chi connectivity index (χ2n) is 5.77. The number of carbonyl (C=O) groups is 2. The van der Waals surface area contributed by atoms with Crippen LogP contribution in [-0.4, -0.2) is 29.8 Å². The highest BCUT2D eigenvalue weighted by Gasteiger charge is 2.29. The van der Waals surface area contributed by atoms with E-state index in [2.05, 4.69) is 5.32 Å². The Labute approximate surface area is 140 Å².